The summed E-state index contributed by atoms with van der Waals surface area (Å²) >= 11 is 0. The smallest absolute Gasteiger partial charge is 0.244 e. The van der Waals surface area contributed by atoms with Crippen LogP contribution in [0.3, 0.4) is 0 Å². The molecular formula is C16H18N4O2. The predicted octanol–water partition coefficient (Wildman–Crippen LogP) is 2.90. The lowest BCUT2D eigenvalue weighted by atomic mass is 10.1. The zero-order valence-corrected chi connectivity index (χ0v) is 13.1. The molecule has 1 N–H and O–H groups in total. The number of anilines is 1. The number of fused-ring (bicyclic) bond motifs is 1. The Bertz CT molecular complexity index is 841. The molecule has 6 nitrogen and oxygen atoms in total. The van der Waals surface area contributed by atoms with Crippen molar-refractivity contribution in [2.75, 3.05) is 5.32 Å². The van der Waals surface area contributed by atoms with Crippen LogP contribution in [0.4, 0.5) is 5.69 Å². The number of imidazole rings is 1. The molecule has 1 amide bonds. The fourth-order valence-electron chi connectivity index (χ4n) is 2.43. The molecule has 1 aromatic carbocycles. The van der Waals surface area contributed by atoms with Crippen LogP contribution in [0.25, 0.3) is 11.0 Å². The highest BCUT2D eigenvalue weighted by Gasteiger charge is 2.14. The summed E-state index contributed by atoms with van der Waals surface area (Å²) in [5.74, 6) is 0.472. The van der Waals surface area contributed by atoms with Gasteiger partial charge in [0.2, 0.25) is 5.91 Å². The van der Waals surface area contributed by atoms with Gasteiger partial charge in [0.1, 0.15) is 17.9 Å². The fourth-order valence-corrected chi connectivity index (χ4v) is 2.43. The summed E-state index contributed by atoms with van der Waals surface area (Å²) in [4.78, 5) is 16.6. The van der Waals surface area contributed by atoms with Crippen LogP contribution in [-0.4, -0.2) is 20.6 Å². The average Bonchev–Trinajstić information content (AvgIpc) is 2.98. The van der Waals surface area contributed by atoms with E-state index in [1.54, 1.807) is 20.2 Å². The van der Waals surface area contributed by atoms with Gasteiger partial charge >= 0.3 is 0 Å². The molecule has 2 heterocycles. The number of hydrogen-bond acceptors (Lipinski definition) is 4. The summed E-state index contributed by atoms with van der Waals surface area (Å²) in [5, 5.41) is 6.67. The number of aromatic nitrogens is 3. The summed E-state index contributed by atoms with van der Waals surface area (Å²) in [7, 11) is 0. The Morgan fingerprint density at radius 3 is 2.64 bits per heavy atom. The van der Waals surface area contributed by atoms with Crippen molar-refractivity contribution >= 4 is 22.6 Å². The second kappa shape index (κ2) is 5.29. The Hall–Kier alpha value is -2.63. The van der Waals surface area contributed by atoms with E-state index < -0.39 is 0 Å². The summed E-state index contributed by atoms with van der Waals surface area (Å²) in [6.07, 6.45) is 1.69. The Kier molecular flexibility index (Phi) is 3.44. The largest absolute Gasteiger partial charge is 0.359 e. The van der Waals surface area contributed by atoms with Crippen LogP contribution >= 0.6 is 0 Å². The molecule has 0 aliphatic carbocycles. The quantitative estimate of drug-likeness (QED) is 0.807. The van der Waals surface area contributed by atoms with Crippen molar-refractivity contribution in [3.63, 3.8) is 0 Å². The number of nitrogens with one attached hydrogen (secondary N) is 1. The fraction of sp³-hybridized carbons (Fsp3) is 0.312. The van der Waals surface area contributed by atoms with Gasteiger partial charge in [-0.3, -0.25) is 4.79 Å². The van der Waals surface area contributed by atoms with E-state index in [0.717, 1.165) is 11.0 Å². The highest BCUT2D eigenvalue weighted by atomic mass is 16.5. The van der Waals surface area contributed by atoms with E-state index in [-0.39, 0.29) is 12.5 Å². The van der Waals surface area contributed by atoms with Crippen molar-refractivity contribution in [2.45, 2.75) is 34.2 Å². The van der Waals surface area contributed by atoms with Crippen LogP contribution < -0.4 is 5.32 Å². The van der Waals surface area contributed by atoms with Crippen molar-refractivity contribution in [2.24, 2.45) is 0 Å². The normalized spacial score (nSPS) is 11.1. The summed E-state index contributed by atoms with van der Waals surface area (Å²) < 4.78 is 6.89. The van der Waals surface area contributed by atoms with Gasteiger partial charge in [0.25, 0.3) is 0 Å². The second-order valence-electron chi connectivity index (χ2n) is 5.54. The molecule has 0 aliphatic heterocycles. The maximum absolute atomic E-state index is 12.2. The van der Waals surface area contributed by atoms with Gasteiger partial charge in [-0.05, 0) is 51.0 Å². The number of nitrogens with zero attached hydrogens (tertiary/aromatic N) is 3. The Balaban J connectivity index is 1.84. The minimum Gasteiger partial charge on any atom is -0.359 e. The third kappa shape index (κ3) is 2.47. The highest BCUT2D eigenvalue weighted by Crippen LogP contribution is 2.20. The molecule has 0 fully saturated rings. The number of aryl methyl sites for hydroxylation is 4. The topological polar surface area (TPSA) is 73.0 Å². The number of amides is 1. The monoisotopic (exact) mass is 298 g/mol. The first-order valence-corrected chi connectivity index (χ1v) is 7.10. The van der Waals surface area contributed by atoms with Crippen LogP contribution in [0.1, 0.15) is 22.6 Å². The molecule has 0 spiro atoms. The van der Waals surface area contributed by atoms with E-state index in [1.807, 2.05) is 10.6 Å². The third-order valence-electron chi connectivity index (χ3n) is 3.85. The Morgan fingerprint density at radius 2 is 1.95 bits per heavy atom. The molecule has 0 aliphatic rings. The zero-order valence-electron chi connectivity index (χ0n) is 13.1. The van der Waals surface area contributed by atoms with Gasteiger partial charge in [0, 0.05) is 0 Å². The maximum atomic E-state index is 12.2. The molecule has 3 rings (SSSR count). The van der Waals surface area contributed by atoms with Crippen molar-refractivity contribution in [1.82, 2.24) is 14.7 Å². The number of carbonyl (C=O) groups excluding carboxylic acids is 1. The Morgan fingerprint density at radius 1 is 1.23 bits per heavy atom. The number of carbonyl (C=O) groups is 1. The molecule has 0 unspecified atom stereocenters. The summed E-state index contributed by atoms with van der Waals surface area (Å²) in [6, 6.07) is 4.09. The SMILES string of the molecule is Cc1cc2ncn(CC(=O)Nc3c(C)noc3C)c2cc1C. The van der Waals surface area contributed by atoms with Gasteiger partial charge in [-0.25, -0.2) is 4.98 Å². The van der Waals surface area contributed by atoms with Crippen LogP contribution in [0.5, 0.6) is 0 Å². The van der Waals surface area contributed by atoms with Gasteiger partial charge in [-0.15, -0.1) is 0 Å². The standard InChI is InChI=1S/C16H18N4O2/c1-9-5-13-14(6-10(9)2)20(8-17-13)7-15(21)18-16-11(3)19-22-12(16)4/h5-6,8H,7H2,1-4H3,(H,18,21). The first kappa shape index (κ1) is 14.3. The van der Waals surface area contributed by atoms with E-state index in [2.05, 4.69) is 35.4 Å². The predicted molar refractivity (Wildman–Crippen MR) is 83.8 cm³/mol. The van der Waals surface area contributed by atoms with E-state index in [1.165, 1.54) is 11.1 Å². The van der Waals surface area contributed by atoms with Gasteiger partial charge in [-0.2, -0.15) is 0 Å². The van der Waals surface area contributed by atoms with E-state index in [9.17, 15) is 4.79 Å². The molecule has 0 saturated carbocycles. The molecule has 3 aromatic rings. The molecular weight excluding hydrogens is 280 g/mol. The van der Waals surface area contributed by atoms with Crippen molar-refractivity contribution in [3.8, 4) is 0 Å². The zero-order chi connectivity index (χ0) is 15.9. The van der Waals surface area contributed by atoms with Crippen molar-refractivity contribution in [3.05, 3.63) is 41.0 Å². The second-order valence-corrected chi connectivity index (χ2v) is 5.54. The number of hydrogen-bond donors (Lipinski definition) is 1. The van der Waals surface area contributed by atoms with Crippen LogP contribution in [0.15, 0.2) is 23.0 Å². The molecule has 0 bridgehead atoms. The van der Waals surface area contributed by atoms with E-state index in [4.69, 9.17) is 4.52 Å². The molecule has 0 radical (unpaired) electrons. The molecule has 0 atom stereocenters. The lowest BCUT2D eigenvalue weighted by Gasteiger charge is -2.07. The summed E-state index contributed by atoms with van der Waals surface area (Å²) in [5.41, 5.74) is 5.54. The first-order valence-electron chi connectivity index (χ1n) is 7.10. The molecule has 114 valence electrons. The highest BCUT2D eigenvalue weighted by molar-refractivity contribution is 5.92. The van der Waals surface area contributed by atoms with Crippen LogP contribution in [0, 0.1) is 27.7 Å². The Labute approximate surface area is 128 Å². The van der Waals surface area contributed by atoms with Gasteiger partial charge in [0.05, 0.1) is 17.4 Å². The number of rotatable bonds is 3. The minimum atomic E-state index is -0.132. The molecule has 0 saturated heterocycles. The van der Waals surface area contributed by atoms with Crippen LogP contribution in [0.2, 0.25) is 0 Å². The molecule has 22 heavy (non-hydrogen) atoms. The average molecular weight is 298 g/mol. The van der Waals surface area contributed by atoms with Gasteiger partial charge in [0.15, 0.2) is 5.76 Å². The van der Waals surface area contributed by atoms with Crippen LogP contribution in [-0.2, 0) is 11.3 Å². The third-order valence-corrected chi connectivity index (χ3v) is 3.85. The maximum Gasteiger partial charge on any atom is 0.244 e. The lowest BCUT2D eigenvalue weighted by molar-refractivity contribution is -0.116. The van der Waals surface area contributed by atoms with Crippen molar-refractivity contribution < 1.29 is 9.32 Å². The summed E-state index contributed by atoms with van der Waals surface area (Å²) in [6.45, 7) is 7.87. The number of benzene rings is 1. The van der Waals surface area contributed by atoms with Gasteiger partial charge in [-0.1, -0.05) is 5.16 Å². The molecule has 2 aromatic heterocycles. The van der Waals surface area contributed by atoms with E-state index in [0.29, 0.717) is 17.1 Å². The first-order chi connectivity index (χ1) is 10.5. The van der Waals surface area contributed by atoms with E-state index >= 15 is 0 Å². The molecule has 6 heteroatoms. The minimum absolute atomic E-state index is 0.132. The lowest BCUT2D eigenvalue weighted by Crippen LogP contribution is -2.19. The van der Waals surface area contributed by atoms with Gasteiger partial charge < -0.3 is 14.4 Å². The van der Waals surface area contributed by atoms with Crippen molar-refractivity contribution in [1.29, 1.82) is 0 Å².